The highest BCUT2D eigenvalue weighted by Gasteiger charge is 2.07. The molecule has 0 aliphatic heterocycles. The van der Waals surface area contributed by atoms with E-state index in [9.17, 15) is 0 Å². The lowest BCUT2D eigenvalue weighted by molar-refractivity contribution is 0.200. The molecular formula is C10H15BrN2O2. The summed E-state index contributed by atoms with van der Waals surface area (Å²) in [6.07, 6.45) is 4.14. The molecule has 1 heterocycles. The zero-order valence-corrected chi connectivity index (χ0v) is 10.5. The molecule has 1 atom stereocenters. The Labute approximate surface area is 98.2 Å². The fourth-order valence-corrected chi connectivity index (χ4v) is 1.76. The van der Waals surface area contributed by atoms with E-state index in [1.807, 2.05) is 6.92 Å². The molecule has 0 aliphatic carbocycles. The van der Waals surface area contributed by atoms with E-state index in [4.69, 9.17) is 9.47 Å². The third-order valence-corrected chi connectivity index (χ3v) is 2.32. The summed E-state index contributed by atoms with van der Waals surface area (Å²) in [5, 5.41) is 0. The molecule has 1 rings (SSSR count). The van der Waals surface area contributed by atoms with Crippen molar-refractivity contribution in [2.24, 2.45) is 0 Å². The van der Waals surface area contributed by atoms with Gasteiger partial charge in [0.1, 0.15) is 0 Å². The van der Waals surface area contributed by atoms with Gasteiger partial charge in [-0.2, -0.15) is 0 Å². The molecule has 84 valence electrons. The molecular weight excluding hydrogens is 260 g/mol. The molecule has 0 saturated heterocycles. The molecule has 1 unspecified atom stereocenters. The van der Waals surface area contributed by atoms with Gasteiger partial charge in [0, 0.05) is 24.6 Å². The van der Waals surface area contributed by atoms with Crippen molar-refractivity contribution < 1.29 is 9.47 Å². The minimum Gasteiger partial charge on any atom is -0.477 e. The maximum absolute atomic E-state index is 5.27. The Morgan fingerprint density at radius 1 is 1.47 bits per heavy atom. The molecule has 5 heteroatoms. The highest BCUT2D eigenvalue weighted by Crippen LogP contribution is 2.11. The molecule has 0 aromatic carbocycles. The zero-order valence-electron chi connectivity index (χ0n) is 8.94. The second-order valence-corrected chi connectivity index (χ2v) is 4.33. The summed E-state index contributed by atoms with van der Waals surface area (Å²) < 4.78 is 10.3. The molecule has 1 aromatic rings. The van der Waals surface area contributed by atoms with E-state index in [1.54, 1.807) is 19.5 Å². The maximum Gasteiger partial charge on any atom is 0.232 e. The van der Waals surface area contributed by atoms with Gasteiger partial charge in [-0.25, -0.2) is 4.98 Å². The average molecular weight is 275 g/mol. The van der Waals surface area contributed by atoms with Crippen LogP contribution < -0.4 is 4.74 Å². The summed E-state index contributed by atoms with van der Waals surface area (Å²) >= 11 is 3.50. The average Bonchev–Trinajstić information content (AvgIpc) is 2.19. The Bertz CT molecular complexity index is 297. The zero-order chi connectivity index (χ0) is 11.1. The first-order chi connectivity index (χ1) is 7.26. The van der Waals surface area contributed by atoms with Crippen molar-refractivity contribution in [2.75, 3.05) is 20.3 Å². The number of rotatable bonds is 6. The first kappa shape index (κ1) is 12.4. The van der Waals surface area contributed by atoms with Crippen LogP contribution in [0.25, 0.3) is 0 Å². The molecule has 0 fully saturated rings. The van der Waals surface area contributed by atoms with Crippen molar-refractivity contribution in [1.82, 2.24) is 9.97 Å². The molecule has 0 amide bonds. The van der Waals surface area contributed by atoms with Crippen LogP contribution in [0.1, 0.15) is 12.6 Å². The molecule has 0 bridgehead atoms. The van der Waals surface area contributed by atoms with E-state index in [2.05, 4.69) is 25.9 Å². The third kappa shape index (κ3) is 4.57. The fraction of sp³-hybridized carbons (Fsp3) is 0.600. The van der Waals surface area contributed by atoms with Crippen molar-refractivity contribution >= 4 is 15.9 Å². The normalized spacial score (nSPS) is 12.5. The predicted molar refractivity (Wildman–Crippen MR) is 61.5 cm³/mol. The standard InChI is InChI=1S/C10H15BrN2O2/c1-3-15-10-6-12-5-9(13-10)4-8(11)7-14-2/h5-6,8H,3-4,7H2,1-2H3. The molecule has 15 heavy (non-hydrogen) atoms. The Morgan fingerprint density at radius 3 is 2.93 bits per heavy atom. The van der Waals surface area contributed by atoms with Crippen LogP contribution in [0.15, 0.2) is 12.4 Å². The van der Waals surface area contributed by atoms with Gasteiger partial charge in [0.05, 0.1) is 25.1 Å². The van der Waals surface area contributed by atoms with E-state index in [-0.39, 0.29) is 4.83 Å². The van der Waals surface area contributed by atoms with E-state index >= 15 is 0 Å². The van der Waals surface area contributed by atoms with Crippen molar-refractivity contribution in [3.63, 3.8) is 0 Å². The van der Waals surface area contributed by atoms with Gasteiger partial charge in [0.15, 0.2) is 0 Å². The number of halogens is 1. The lowest BCUT2D eigenvalue weighted by Crippen LogP contribution is -2.11. The molecule has 1 aromatic heterocycles. The Morgan fingerprint density at radius 2 is 2.27 bits per heavy atom. The highest BCUT2D eigenvalue weighted by molar-refractivity contribution is 9.09. The smallest absolute Gasteiger partial charge is 0.232 e. The monoisotopic (exact) mass is 274 g/mol. The molecule has 0 radical (unpaired) electrons. The maximum atomic E-state index is 5.27. The highest BCUT2D eigenvalue weighted by atomic mass is 79.9. The molecule has 0 aliphatic rings. The summed E-state index contributed by atoms with van der Waals surface area (Å²) in [6, 6.07) is 0. The minimum atomic E-state index is 0.258. The Kier molecular flexibility index (Phi) is 5.57. The second kappa shape index (κ2) is 6.74. The second-order valence-electron chi connectivity index (χ2n) is 3.04. The minimum absolute atomic E-state index is 0.258. The summed E-state index contributed by atoms with van der Waals surface area (Å²) in [4.78, 5) is 8.64. The van der Waals surface area contributed by atoms with Crippen LogP contribution in [0.5, 0.6) is 5.88 Å². The third-order valence-electron chi connectivity index (χ3n) is 1.73. The van der Waals surface area contributed by atoms with Crippen molar-refractivity contribution in [3.8, 4) is 5.88 Å². The van der Waals surface area contributed by atoms with Gasteiger partial charge in [-0.1, -0.05) is 15.9 Å². The first-order valence-corrected chi connectivity index (χ1v) is 5.74. The van der Waals surface area contributed by atoms with Gasteiger partial charge < -0.3 is 9.47 Å². The number of hydrogen-bond acceptors (Lipinski definition) is 4. The van der Waals surface area contributed by atoms with E-state index in [0.717, 1.165) is 12.1 Å². The van der Waals surface area contributed by atoms with Gasteiger partial charge >= 0.3 is 0 Å². The molecule has 4 nitrogen and oxygen atoms in total. The molecule has 0 spiro atoms. The number of ether oxygens (including phenoxy) is 2. The summed E-state index contributed by atoms with van der Waals surface area (Å²) in [7, 11) is 1.68. The topological polar surface area (TPSA) is 44.2 Å². The van der Waals surface area contributed by atoms with Gasteiger partial charge in [0.2, 0.25) is 5.88 Å². The lowest BCUT2D eigenvalue weighted by atomic mass is 10.2. The van der Waals surface area contributed by atoms with Crippen molar-refractivity contribution in [1.29, 1.82) is 0 Å². The SMILES string of the molecule is CCOc1cncc(CC(Br)COC)n1. The number of aromatic nitrogens is 2. The quantitative estimate of drug-likeness (QED) is 0.743. The lowest BCUT2D eigenvalue weighted by Gasteiger charge is -2.08. The molecule has 0 saturated carbocycles. The van der Waals surface area contributed by atoms with Gasteiger partial charge in [-0.3, -0.25) is 4.98 Å². The predicted octanol–water partition coefficient (Wildman–Crippen LogP) is 1.83. The fourth-order valence-electron chi connectivity index (χ4n) is 1.17. The van der Waals surface area contributed by atoms with Crippen molar-refractivity contribution in [2.45, 2.75) is 18.2 Å². The Balaban J connectivity index is 2.56. The molecule has 0 N–H and O–H groups in total. The largest absolute Gasteiger partial charge is 0.477 e. The number of hydrogen-bond donors (Lipinski definition) is 0. The number of nitrogens with zero attached hydrogens (tertiary/aromatic N) is 2. The van der Waals surface area contributed by atoms with Crippen LogP contribution in [0, 0.1) is 0 Å². The van der Waals surface area contributed by atoms with Gasteiger partial charge in [0.25, 0.3) is 0 Å². The van der Waals surface area contributed by atoms with Crippen LogP contribution in [-0.4, -0.2) is 35.1 Å². The summed E-state index contributed by atoms with van der Waals surface area (Å²) in [6.45, 7) is 3.18. The van der Waals surface area contributed by atoms with E-state index in [1.165, 1.54) is 0 Å². The summed E-state index contributed by atoms with van der Waals surface area (Å²) in [5.41, 5.74) is 0.903. The van der Waals surface area contributed by atoms with E-state index < -0.39 is 0 Å². The van der Waals surface area contributed by atoms with Crippen LogP contribution in [-0.2, 0) is 11.2 Å². The first-order valence-electron chi connectivity index (χ1n) is 4.83. The summed E-state index contributed by atoms with van der Waals surface area (Å²) in [5.74, 6) is 0.576. The number of methoxy groups -OCH3 is 1. The van der Waals surface area contributed by atoms with Gasteiger partial charge in [-0.05, 0) is 6.92 Å². The van der Waals surface area contributed by atoms with Crippen molar-refractivity contribution in [3.05, 3.63) is 18.1 Å². The van der Waals surface area contributed by atoms with Gasteiger partial charge in [-0.15, -0.1) is 0 Å². The number of alkyl halides is 1. The van der Waals surface area contributed by atoms with E-state index in [0.29, 0.717) is 19.1 Å². The van der Waals surface area contributed by atoms with Crippen LogP contribution in [0.3, 0.4) is 0 Å². The van der Waals surface area contributed by atoms with Crippen LogP contribution >= 0.6 is 15.9 Å². The van der Waals surface area contributed by atoms with Crippen LogP contribution in [0.4, 0.5) is 0 Å². The Hall–Kier alpha value is -0.680. The van der Waals surface area contributed by atoms with Crippen LogP contribution in [0.2, 0.25) is 0 Å².